The number of sulfonamides is 1. The molecule has 0 saturated heterocycles. The highest BCUT2D eigenvalue weighted by atomic mass is 35.5. The van der Waals surface area contributed by atoms with Crippen LogP contribution >= 0.6 is 11.6 Å². The minimum atomic E-state index is -3.60. The van der Waals surface area contributed by atoms with E-state index in [9.17, 15) is 18.0 Å². The summed E-state index contributed by atoms with van der Waals surface area (Å²) in [6.45, 7) is 0.315. The average Bonchev–Trinajstić information content (AvgIpc) is 3.50. The van der Waals surface area contributed by atoms with E-state index in [2.05, 4.69) is 5.32 Å². The van der Waals surface area contributed by atoms with Crippen LogP contribution in [0.15, 0.2) is 78.9 Å². The van der Waals surface area contributed by atoms with Crippen LogP contribution in [0.5, 0.6) is 5.75 Å². The number of rotatable bonds is 14. The summed E-state index contributed by atoms with van der Waals surface area (Å²) in [6, 6.07) is 23.0. The molecule has 3 aromatic rings. The summed E-state index contributed by atoms with van der Waals surface area (Å²) in [5.74, 6) is 0.257. The predicted octanol–water partition coefficient (Wildman–Crippen LogP) is 5.59. The lowest BCUT2D eigenvalue weighted by atomic mass is 10.0. The van der Waals surface area contributed by atoms with Crippen LogP contribution in [-0.2, 0) is 32.6 Å². The van der Waals surface area contributed by atoms with Crippen molar-refractivity contribution in [2.24, 2.45) is 0 Å². The Kier molecular flexibility index (Phi) is 11.5. The maximum absolute atomic E-state index is 14.0. The number of ether oxygens (including phenoxy) is 1. The van der Waals surface area contributed by atoms with Gasteiger partial charge in [0, 0.05) is 37.0 Å². The van der Waals surface area contributed by atoms with Gasteiger partial charge in [0.15, 0.2) is 0 Å². The minimum absolute atomic E-state index is 0.0611. The number of methoxy groups -OCH3 is 1. The number of amides is 2. The number of halogens is 1. The van der Waals surface area contributed by atoms with Gasteiger partial charge in [0.1, 0.15) is 11.8 Å². The lowest BCUT2D eigenvalue weighted by molar-refractivity contribution is -0.141. The molecule has 8 nitrogen and oxygen atoms in total. The molecule has 0 radical (unpaired) electrons. The molecule has 10 heteroatoms. The zero-order chi connectivity index (χ0) is 30.8. The molecule has 1 atom stereocenters. The van der Waals surface area contributed by atoms with Crippen molar-refractivity contribution in [3.63, 3.8) is 0 Å². The molecule has 43 heavy (non-hydrogen) atoms. The number of benzene rings is 3. The number of hydrogen-bond acceptors (Lipinski definition) is 5. The lowest BCUT2D eigenvalue weighted by Crippen LogP contribution is -2.52. The van der Waals surface area contributed by atoms with E-state index < -0.39 is 16.1 Å². The van der Waals surface area contributed by atoms with Crippen molar-refractivity contribution in [1.29, 1.82) is 0 Å². The Morgan fingerprint density at radius 3 is 2.30 bits per heavy atom. The van der Waals surface area contributed by atoms with Gasteiger partial charge in [-0.3, -0.25) is 13.9 Å². The fourth-order valence-corrected chi connectivity index (χ4v) is 6.59. The van der Waals surface area contributed by atoms with Gasteiger partial charge in [0.05, 0.1) is 19.1 Å². The summed E-state index contributed by atoms with van der Waals surface area (Å²) in [7, 11) is -2.02. The van der Waals surface area contributed by atoms with Gasteiger partial charge in [-0.2, -0.15) is 0 Å². The number of nitrogens with zero attached hydrogens (tertiary/aromatic N) is 2. The summed E-state index contributed by atoms with van der Waals surface area (Å²) >= 11 is 6.00. The van der Waals surface area contributed by atoms with Crippen LogP contribution in [0.25, 0.3) is 0 Å². The van der Waals surface area contributed by atoms with E-state index >= 15 is 0 Å². The van der Waals surface area contributed by atoms with E-state index in [1.807, 2.05) is 54.6 Å². The molecule has 0 bridgehead atoms. The molecule has 0 spiro atoms. The van der Waals surface area contributed by atoms with Gasteiger partial charge in [0.2, 0.25) is 21.8 Å². The molecule has 0 heterocycles. The number of anilines is 1. The first-order valence-corrected chi connectivity index (χ1v) is 16.9. The van der Waals surface area contributed by atoms with Gasteiger partial charge in [0.25, 0.3) is 0 Å². The normalized spacial score (nSPS) is 14.2. The standard InChI is InChI=1S/C33H40ClN3O5S/c1-42-30-15-8-12-26(22-30)24-36(31(23-25-10-4-3-5-11-25)33(39)35-28-13-6-7-14-28)32(38)16-9-21-37(43(2,40)41)29-19-17-27(34)18-20-29/h3-5,8,10-12,15,17-20,22,28,31H,6-7,9,13-14,16,21,23-24H2,1-2H3,(H,35,39)/t31-/m1/s1. The second-order valence-electron chi connectivity index (χ2n) is 11.0. The van der Waals surface area contributed by atoms with Gasteiger partial charge in [-0.05, 0) is 66.8 Å². The van der Waals surface area contributed by atoms with E-state index in [-0.39, 0.29) is 43.8 Å². The molecule has 4 rings (SSSR count). The first kappa shape index (κ1) is 32.4. The summed E-state index contributed by atoms with van der Waals surface area (Å²) in [5.41, 5.74) is 2.26. The van der Waals surface area contributed by atoms with E-state index in [4.69, 9.17) is 16.3 Å². The zero-order valence-corrected chi connectivity index (χ0v) is 26.3. The lowest BCUT2D eigenvalue weighted by Gasteiger charge is -2.33. The molecular formula is C33H40ClN3O5S. The number of carbonyl (C=O) groups excluding carboxylic acids is 2. The average molecular weight is 626 g/mol. The third kappa shape index (κ3) is 9.46. The second kappa shape index (κ2) is 15.3. The largest absolute Gasteiger partial charge is 0.497 e. The van der Waals surface area contributed by atoms with Crippen LogP contribution in [0.1, 0.15) is 49.7 Å². The fourth-order valence-electron chi connectivity index (χ4n) is 5.50. The Hall–Kier alpha value is -3.56. The van der Waals surface area contributed by atoms with Crippen LogP contribution in [-0.4, -0.2) is 57.1 Å². The summed E-state index contributed by atoms with van der Waals surface area (Å²) in [6.07, 6.45) is 5.84. The maximum atomic E-state index is 14.0. The highest BCUT2D eigenvalue weighted by Gasteiger charge is 2.32. The molecule has 1 N–H and O–H groups in total. The monoisotopic (exact) mass is 625 g/mol. The molecule has 1 aliphatic carbocycles. The van der Waals surface area contributed by atoms with Gasteiger partial charge < -0.3 is 15.0 Å². The molecule has 0 aliphatic heterocycles. The van der Waals surface area contributed by atoms with Crippen molar-refractivity contribution in [2.45, 2.75) is 63.6 Å². The Morgan fingerprint density at radius 1 is 0.977 bits per heavy atom. The van der Waals surface area contributed by atoms with E-state index in [1.165, 1.54) is 4.31 Å². The number of carbonyl (C=O) groups is 2. The topological polar surface area (TPSA) is 96.0 Å². The Balaban J connectivity index is 1.59. The predicted molar refractivity (Wildman–Crippen MR) is 171 cm³/mol. The highest BCUT2D eigenvalue weighted by Crippen LogP contribution is 2.24. The SMILES string of the molecule is COc1cccc(CN(C(=O)CCCN(c2ccc(Cl)cc2)S(C)(=O)=O)[C@H](Cc2ccccc2)C(=O)NC2CCCC2)c1. The van der Waals surface area contributed by atoms with Gasteiger partial charge in [-0.25, -0.2) is 8.42 Å². The fraction of sp³-hybridized carbons (Fsp3) is 0.394. The van der Waals surface area contributed by atoms with Gasteiger partial charge in [-0.1, -0.05) is 66.9 Å². The minimum Gasteiger partial charge on any atom is -0.497 e. The second-order valence-corrected chi connectivity index (χ2v) is 13.3. The first-order valence-electron chi connectivity index (χ1n) is 14.6. The molecule has 0 aromatic heterocycles. The van der Waals surface area contributed by atoms with Crippen molar-refractivity contribution >= 4 is 39.1 Å². The van der Waals surface area contributed by atoms with E-state index in [1.54, 1.807) is 36.3 Å². The van der Waals surface area contributed by atoms with Crippen LogP contribution in [0.3, 0.4) is 0 Å². The molecule has 3 aromatic carbocycles. The van der Waals surface area contributed by atoms with Crippen molar-refractivity contribution in [1.82, 2.24) is 10.2 Å². The number of hydrogen-bond donors (Lipinski definition) is 1. The third-order valence-electron chi connectivity index (χ3n) is 7.73. The van der Waals surface area contributed by atoms with Crippen LogP contribution in [0.4, 0.5) is 5.69 Å². The summed E-state index contributed by atoms with van der Waals surface area (Å²) in [5, 5.41) is 3.71. The van der Waals surface area contributed by atoms with Crippen molar-refractivity contribution < 1.29 is 22.7 Å². The molecule has 0 unspecified atom stereocenters. The van der Waals surface area contributed by atoms with Crippen molar-refractivity contribution in [3.8, 4) is 5.75 Å². The summed E-state index contributed by atoms with van der Waals surface area (Å²) < 4.78 is 31.9. The molecule has 230 valence electrons. The van der Waals surface area contributed by atoms with Crippen LogP contribution in [0, 0.1) is 0 Å². The molecular weight excluding hydrogens is 586 g/mol. The van der Waals surface area contributed by atoms with Crippen LogP contribution in [0.2, 0.25) is 5.02 Å². The van der Waals surface area contributed by atoms with Crippen molar-refractivity contribution in [3.05, 3.63) is 95.0 Å². The molecule has 2 amide bonds. The van der Waals surface area contributed by atoms with Crippen molar-refractivity contribution in [2.75, 3.05) is 24.2 Å². The zero-order valence-electron chi connectivity index (χ0n) is 24.7. The number of nitrogens with one attached hydrogen (secondary N) is 1. The Bertz CT molecular complexity index is 1460. The Morgan fingerprint density at radius 2 is 1.65 bits per heavy atom. The van der Waals surface area contributed by atoms with Crippen LogP contribution < -0.4 is 14.4 Å². The van der Waals surface area contributed by atoms with E-state index in [0.29, 0.717) is 22.9 Å². The molecule has 1 saturated carbocycles. The molecule has 1 aliphatic rings. The van der Waals surface area contributed by atoms with Gasteiger partial charge in [-0.15, -0.1) is 0 Å². The van der Waals surface area contributed by atoms with Gasteiger partial charge >= 0.3 is 0 Å². The quantitative estimate of drug-likeness (QED) is 0.252. The highest BCUT2D eigenvalue weighted by molar-refractivity contribution is 7.92. The third-order valence-corrected chi connectivity index (χ3v) is 9.17. The summed E-state index contributed by atoms with van der Waals surface area (Å²) in [4.78, 5) is 29.5. The smallest absolute Gasteiger partial charge is 0.243 e. The first-order chi connectivity index (χ1) is 20.6. The molecule has 1 fully saturated rings. The maximum Gasteiger partial charge on any atom is 0.243 e. The van der Waals surface area contributed by atoms with E-state index in [0.717, 1.165) is 43.1 Å². The Labute approximate surface area is 260 Å².